The van der Waals surface area contributed by atoms with E-state index in [-0.39, 0.29) is 27.7 Å². The Kier molecular flexibility index (Phi) is 6.78. The van der Waals surface area contributed by atoms with Gasteiger partial charge in [0.15, 0.2) is 0 Å². The van der Waals surface area contributed by atoms with E-state index in [0.29, 0.717) is 43.9 Å². The van der Waals surface area contributed by atoms with Crippen molar-refractivity contribution < 1.29 is 23.2 Å². The van der Waals surface area contributed by atoms with E-state index < -0.39 is 11.7 Å². The van der Waals surface area contributed by atoms with Crippen LogP contribution in [0.25, 0.3) is 0 Å². The van der Waals surface area contributed by atoms with Gasteiger partial charge >= 0.3 is 0 Å². The minimum Gasteiger partial charge on any atom is -0.465 e. The van der Waals surface area contributed by atoms with Crippen LogP contribution in [-0.2, 0) is 11.3 Å². The van der Waals surface area contributed by atoms with Gasteiger partial charge in [-0.1, -0.05) is 11.3 Å². The molecule has 3 heterocycles. The standard InChI is InChI=1S/C22H22FN5O4S/c1-13-2-7-17(32-13)12-24-18(29)14-8-10-28(11-9-14)22(31)21-27-26-20(33-21)19(30)25-16-5-3-15(23)4-6-16/h2-7,14H,8-12H2,1H3,(H,24,29)(H,25,30). The molecule has 172 valence electrons. The molecule has 0 spiro atoms. The highest BCUT2D eigenvalue weighted by Gasteiger charge is 2.30. The Bertz CT molecular complexity index is 1150. The van der Waals surface area contributed by atoms with Crippen LogP contribution in [0.3, 0.4) is 0 Å². The van der Waals surface area contributed by atoms with E-state index in [1.165, 1.54) is 24.3 Å². The van der Waals surface area contributed by atoms with Crippen molar-refractivity contribution in [3.8, 4) is 0 Å². The Morgan fingerprint density at radius 2 is 1.79 bits per heavy atom. The minimum atomic E-state index is -0.528. The number of nitrogens with zero attached hydrogens (tertiary/aromatic N) is 3. The quantitative estimate of drug-likeness (QED) is 0.571. The lowest BCUT2D eigenvalue weighted by Gasteiger charge is -2.30. The second-order valence-electron chi connectivity index (χ2n) is 7.67. The number of rotatable bonds is 6. The summed E-state index contributed by atoms with van der Waals surface area (Å²) in [5, 5.41) is 13.3. The number of amides is 3. The number of anilines is 1. The van der Waals surface area contributed by atoms with Gasteiger partial charge in [-0.3, -0.25) is 14.4 Å². The molecule has 0 radical (unpaired) electrons. The molecule has 1 saturated heterocycles. The zero-order valence-corrected chi connectivity index (χ0v) is 18.7. The largest absolute Gasteiger partial charge is 0.465 e. The number of aromatic nitrogens is 2. The maximum atomic E-state index is 13.0. The van der Waals surface area contributed by atoms with Gasteiger partial charge in [0, 0.05) is 24.7 Å². The van der Waals surface area contributed by atoms with Gasteiger partial charge in [-0.15, -0.1) is 10.2 Å². The molecule has 1 fully saturated rings. The summed E-state index contributed by atoms with van der Waals surface area (Å²) in [6, 6.07) is 8.98. The molecule has 11 heteroatoms. The van der Waals surface area contributed by atoms with Crippen LogP contribution in [0.1, 0.15) is 44.0 Å². The first kappa shape index (κ1) is 22.6. The predicted molar refractivity (Wildman–Crippen MR) is 118 cm³/mol. The van der Waals surface area contributed by atoms with Crippen molar-refractivity contribution >= 4 is 34.7 Å². The third-order valence-corrected chi connectivity index (χ3v) is 6.20. The first-order valence-electron chi connectivity index (χ1n) is 10.4. The molecule has 0 bridgehead atoms. The van der Waals surface area contributed by atoms with Crippen molar-refractivity contribution in [2.75, 3.05) is 18.4 Å². The fourth-order valence-corrected chi connectivity index (χ4v) is 4.20. The maximum absolute atomic E-state index is 13.0. The molecule has 0 atom stereocenters. The van der Waals surface area contributed by atoms with Crippen LogP contribution in [0.2, 0.25) is 0 Å². The van der Waals surface area contributed by atoms with E-state index in [1.807, 2.05) is 19.1 Å². The molecule has 4 rings (SSSR count). The van der Waals surface area contributed by atoms with E-state index in [0.717, 1.165) is 17.1 Å². The second kappa shape index (κ2) is 9.90. The summed E-state index contributed by atoms with van der Waals surface area (Å²) in [5.74, 6) is -0.0181. The van der Waals surface area contributed by atoms with Crippen molar-refractivity contribution in [3.63, 3.8) is 0 Å². The van der Waals surface area contributed by atoms with Crippen molar-refractivity contribution in [1.29, 1.82) is 0 Å². The number of halogens is 1. The Labute approximate surface area is 193 Å². The Balaban J connectivity index is 1.27. The number of carbonyl (C=O) groups is 3. The molecule has 0 aliphatic carbocycles. The van der Waals surface area contributed by atoms with Gasteiger partial charge in [0.25, 0.3) is 11.8 Å². The Morgan fingerprint density at radius 3 is 2.45 bits per heavy atom. The number of benzene rings is 1. The second-order valence-corrected chi connectivity index (χ2v) is 8.65. The van der Waals surface area contributed by atoms with Gasteiger partial charge in [0.05, 0.1) is 6.54 Å². The number of carbonyl (C=O) groups excluding carboxylic acids is 3. The third kappa shape index (κ3) is 5.61. The molecule has 33 heavy (non-hydrogen) atoms. The van der Waals surface area contributed by atoms with Crippen molar-refractivity contribution in [2.45, 2.75) is 26.3 Å². The highest BCUT2D eigenvalue weighted by molar-refractivity contribution is 7.15. The zero-order valence-electron chi connectivity index (χ0n) is 17.8. The number of hydrogen-bond donors (Lipinski definition) is 2. The highest BCUT2D eigenvalue weighted by Crippen LogP contribution is 2.21. The predicted octanol–water partition coefficient (Wildman–Crippen LogP) is 3.00. The van der Waals surface area contributed by atoms with E-state index in [9.17, 15) is 18.8 Å². The fourth-order valence-electron chi connectivity index (χ4n) is 3.50. The van der Waals surface area contributed by atoms with E-state index in [4.69, 9.17) is 4.42 Å². The molecule has 1 aromatic carbocycles. The average molecular weight is 472 g/mol. The summed E-state index contributed by atoms with van der Waals surface area (Å²) >= 11 is 0.891. The van der Waals surface area contributed by atoms with Gasteiger partial charge in [0.1, 0.15) is 17.3 Å². The molecule has 3 amide bonds. The summed E-state index contributed by atoms with van der Waals surface area (Å²) in [4.78, 5) is 39.1. The van der Waals surface area contributed by atoms with Crippen molar-refractivity contribution in [1.82, 2.24) is 20.4 Å². The molecule has 0 unspecified atom stereocenters. The van der Waals surface area contributed by atoms with Gasteiger partial charge in [-0.05, 0) is 56.2 Å². The van der Waals surface area contributed by atoms with Gasteiger partial charge in [-0.2, -0.15) is 0 Å². The van der Waals surface area contributed by atoms with E-state index in [1.54, 1.807) is 4.90 Å². The molecule has 0 saturated carbocycles. The molecular weight excluding hydrogens is 449 g/mol. The van der Waals surface area contributed by atoms with Crippen LogP contribution in [0.4, 0.5) is 10.1 Å². The van der Waals surface area contributed by atoms with Crippen LogP contribution in [0, 0.1) is 18.7 Å². The van der Waals surface area contributed by atoms with Crippen LogP contribution in [0.15, 0.2) is 40.8 Å². The number of furan rings is 1. The number of piperidine rings is 1. The summed E-state index contributed by atoms with van der Waals surface area (Å²) in [7, 11) is 0. The Hall–Kier alpha value is -3.60. The first-order chi connectivity index (χ1) is 15.9. The van der Waals surface area contributed by atoms with Gasteiger partial charge in [0.2, 0.25) is 15.9 Å². The van der Waals surface area contributed by atoms with Crippen LogP contribution < -0.4 is 10.6 Å². The summed E-state index contributed by atoms with van der Waals surface area (Å²) in [6.07, 6.45) is 1.07. The van der Waals surface area contributed by atoms with Crippen LogP contribution in [0.5, 0.6) is 0 Å². The Morgan fingerprint density at radius 1 is 1.09 bits per heavy atom. The van der Waals surface area contributed by atoms with E-state index >= 15 is 0 Å². The lowest BCUT2D eigenvalue weighted by Crippen LogP contribution is -2.42. The summed E-state index contributed by atoms with van der Waals surface area (Å²) < 4.78 is 18.4. The zero-order chi connectivity index (χ0) is 23.4. The number of aryl methyl sites for hydroxylation is 1. The van der Waals surface area contributed by atoms with Gasteiger partial charge < -0.3 is 20.0 Å². The number of nitrogens with one attached hydrogen (secondary N) is 2. The lowest BCUT2D eigenvalue weighted by molar-refractivity contribution is -0.126. The average Bonchev–Trinajstić information content (AvgIpc) is 3.48. The van der Waals surface area contributed by atoms with Crippen LogP contribution >= 0.6 is 11.3 Å². The first-order valence-corrected chi connectivity index (χ1v) is 11.2. The molecule has 3 aromatic rings. The summed E-state index contributed by atoms with van der Waals surface area (Å²) in [6.45, 7) is 3.00. The minimum absolute atomic E-state index is 0.0325. The molecule has 9 nitrogen and oxygen atoms in total. The molecule has 2 N–H and O–H groups in total. The summed E-state index contributed by atoms with van der Waals surface area (Å²) in [5.41, 5.74) is 0.409. The molecule has 2 aromatic heterocycles. The SMILES string of the molecule is Cc1ccc(CNC(=O)C2CCN(C(=O)c3nnc(C(=O)Nc4ccc(F)cc4)s3)CC2)o1. The molecular formula is C22H22FN5O4S. The number of likely N-dealkylation sites (tertiary alicyclic amines) is 1. The van der Waals surface area contributed by atoms with Crippen molar-refractivity contribution in [3.05, 3.63) is 63.8 Å². The molecule has 1 aliphatic heterocycles. The lowest BCUT2D eigenvalue weighted by atomic mass is 9.96. The van der Waals surface area contributed by atoms with E-state index in [2.05, 4.69) is 20.8 Å². The van der Waals surface area contributed by atoms with Crippen molar-refractivity contribution in [2.24, 2.45) is 5.92 Å². The highest BCUT2D eigenvalue weighted by atomic mass is 32.1. The normalized spacial score (nSPS) is 14.2. The monoisotopic (exact) mass is 471 g/mol. The van der Waals surface area contributed by atoms with Crippen LogP contribution in [-0.4, -0.2) is 45.9 Å². The molecule has 1 aliphatic rings. The number of hydrogen-bond acceptors (Lipinski definition) is 7. The topological polar surface area (TPSA) is 117 Å². The fraction of sp³-hybridized carbons (Fsp3) is 0.318. The smallest absolute Gasteiger partial charge is 0.286 e. The maximum Gasteiger partial charge on any atom is 0.286 e. The third-order valence-electron chi connectivity index (χ3n) is 5.29. The van der Waals surface area contributed by atoms with Gasteiger partial charge in [-0.25, -0.2) is 4.39 Å².